The number of carbonyl (C=O) groups is 3. The zero-order valence-electron chi connectivity index (χ0n) is 25.8. The number of para-hydroxylation sites is 2. The Morgan fingerprint density at radius 2 is 1.49 bits per heavy atom. The summed E-state index contributed by atoms with van der Waals surface area (Å²) in [6.07, 6.45) is 0.895. The Bertz CT molecular complexity index is 1820. The lowest BCUT2D eigenvalue weighted by Gasteiger charge is -2.35. The number of halogens is 1. The lowest BCUT2D eigenvalue weighted by Crippen LogP contribution is -2.38. The van der Waals surface area contributed by atoms with E-state index in [1.54, 1.807) is 53.4 Å². The number of nitrogens with one attached hydrogen (secondary N) is 1. The second-order valence-electron chi connectivity index (χ2n) is 12.6. The molecule has 2 aliphatic rings. The molecule has 0 radical (unpaired) electrons. The molecule has 0 spiro atoms. The van der Waals surface area contributed by atoms with Gasteiger partial charge in [-0.3, -0.25) is 14.5 Å². The fraction of sp³-hybridized carbons (Fsp3) is 0.237. The molecule has 4 aromatic rings. The van der Waals surface area contributed by atoms with E-state index in [2.05, 4.69) is 50.4 Å². The van der Waals surface area contributed by atoms with Crippen LogP contribution in [-0.2, 0) is 14.9 Å². The maximum atomic E-state index is 14.5. The third kappa shape index (κ3) is 5.78. The highest BCUT2D eigenvalue weighted by Crippen LogP contribution is 2.48. The Hall–Kier alpha value is -4.68. The number of amides is 1. The molecular formula is C38H35ClN2O4. The van der Waals surface area contributed by atoms with E-state index in [0.29, 0.717) is 45.8 Å². The molecule has 1 aliphatic carbocycles. The number of nitrogens with zero attached hydrogens (tertiary/aromatic N) is 1. The van der Waals surface area contributed by atoms with Crippen LogP contribution >= 0.6 is 11.6 Å². The number of hydrogen-bond donors (Lipinski definition) is 1. The summed E-state index contributed by atoms with van der Waals surface area (Å²) in [7, 11) is 1.33. The van der Waals surface area contributed by atoms with E-state index in [0.717, 1.165) is 16.9 Å². The number of allylic oxidation sites excluding steroid dienone is 1. The molecule has 45 heavy (non-hydrogen) atoms. The number of benzene rings is 4. The number of Topliss-reactive ketones (excluding diaryl/α,β-unsaturated/α-hetero) is 1. The smallest absolute Gasteiger partial charge is 0.337 e. The van der Waals surface area contributed by atoms with Gasteiger partial charge in [0.05, 0.1) is 40.7 Å². The van der Waals surface area contributed by atoms with Crippen LogP contribution in [0, 0.1) is 0 Å². The minimum Gasteiger partial charge on any atom is -0.465 e. The summed E-state index contributed by atoms with van der Waals surface area (Å²) in [4.78, 5) is 42.8. The summed E-state index contributed by atoms with van der Waals surface area (Å²) in [5, 5.41) is 3.89. The standard InChI is InChI=1S/C38H35ClN2O4/c1-38(2,3)27-19-17-23(18-20-27)26-21-31-34(33(42)22-26)35(24-13-15-25(16-14-24)37(44)45-4)41(32-12-8-7-11-30(32)40-31)36(43)28-9-5-6-10-29(28)39/h5-20,26,35,40H,21-22H2,1-4H3/t26-,35+/m1/s1. The monoisotopic (exact) mass is 618 g/mol. The molecule has 1 aliphatic heterocycles. The molecule has 0 saturated carbocycles. The number of anilines is 2. The van der Waals surface area contributed by atoms with Gasteiger partial charge in [0.25, 0.3) is 5.91 Å². The van der Waals surface area contributed by atoms with E-state index in [4.69, 9.17) is 16.3 Å². The van der Waals surface area contributed by atoms with E-state index in [9.17, 15) is 14.4 Å². The molecule has 1 amide bonds. The van der Waals surface area contributed by atoms with Gasteiger partial charge in [0.15, 0.2) is 5.78 Å². The molecule has 0 unspecified atom stereocenters. The van der Waals surface area contributed by atoms with Crippen molar-refractivity contribution >= 4 is 40.6 Å². The third-order valence-electron chi connectivity index (χ3n) is 8.71. The summed E-state index contributed by atoms with van der Waals surface area (Å²) < 4.78 is 4.91. The van der Waals surface area contributed by atoms with Crippen molar-refractivity contribution in [3.8, 4) is 0 Å². The lowest BCUT2D eigenvalue weighted by atomic mass is 9.77. The van der Waals surface area contributed by atoms with Crippen molar-refractivity contribution in [2.24, 2.45) is 0 Å². The maximum absolute atomic E-state index is 14.5. The van der Waals surface area contributed by atoms with Gasteiger partial charge in [0.2, 0.25) is 0 Å². The maximum Gasteiger partial charge on any atom is 0.337 e. The molecule has 0 fully saturated rings. The number of ketones is 1. The van der Waals surface area contributed by atoms with Crippen LogP contribution in [0.5, 0.6) is 0 Å². The summed E-state index contributed by atoms with van der Waals surface area (Å²) in [5.41, 5.74) is 6.40. The Kier molecular flexibility index (Phi) is 8.10. The first-order valence-corrected chi connectivity index (χ1v) is 15.4. The Morgan fingerprint density at radius 3 is 2.16 bits per heavy atom. The quantitative estimate of drug-likeness (QED) is 0.232. The van der Waals surface area contributed by atoms with Gasteiger partial charge in [0.1, 0.15) is 0 Å². The molecule has 2 atom stereocenters. The zero-order valence-corrected chi connectivity index (χ0v) is 26.5. The van der Waals surface area contributed by atoms with E-state index in [1.165, 1.54) is 12.7 Å². The van der Waals surface area contributed by atoms with E-state index in [-0.39, 0.29) is 23.0 Å². The van der Waals surface area contributed by atoms with Crippen molar-refractivity contribution in [3.63, 3.8) is 0 Å². The van der Waals surface area contributed by atoms with Gasteiger partial charge in [-0.2, -0.15) is 0 Å². The molecular weight excluding hydrogens is 584 g/mol. The number of rotatable bonds is 4. The first-order valence-electron chi connectivity index (χ1n) is 15.1. The molecule has 6 nitrogen and oxygen atoms in total. The average Bonchev–Trinajstić information content (AvgIpc) is 3.19. The van der Waals surface area contributed by atoms with Gasteiger partial charge >= 0.3 is 5.97 Å². The van der Waals surface area contributed by atoms with E-state index in [1.807, 2.05) is 24.3 Å². The van der Waals surface area contributed by atoms with Crippen molar-refractivity contribution in [3.05, 3.63) is 141 Å². The average molecular weight is 619 g/mol. The zero-order chi connectivity index (χ0) is 31.9. The van der Waals surface area contributed by atoms with Crippen LogP contribution in [0.4, 0.5) is 11.4 Å². The predicted molar refractivity (Wildman–Crippen MR) is 178 cm³/mol. The molecule has 7 heteroatoms. The van der Waals surface area contributed by atoms with Crippen molar-refractivity contribution in [2.75, 3.05) is 17.3 Å². The molecule has 1 N–H and O–H groups in total. The van der Waals surface area contributed by atoms with Gasteiger partial charge in [-0.15, -0.1) is 0 Å². The van der Waals surface area contributed by atoms with Crippen molar-refractivity contribution in [1.82, 2.24) is 0 Å². The SMILES string of the molecule is COC(=O)c1ccc([C@H]2C3=C(C[C@@H](c4ccc(C(C)(C)C)cc4)CC3=O)Nc3ccccc3N2C(=O)c2ccccc2Cl)cc1. The fourth-order valence-electron chi connectivity index (χ4n) is 6.30. The van der Waals surface area contributed by atoms with Gasteiger partial charge < -0.3 is 10.1 Å². The second kappa shape index (κ2) is 12.0. The Balaban J connectivity index is 1.52. The first kappa shape index (κ1) is 30.4. The molecule has 6 rings (SSSR count). The number of fused-ring (bicyclic) bond motifs is 1. The van der Waals surface area contributed by atoms with Crippen LogP contribution in [0.25, 0.3) is 0 Å². The Labute approximate surface area is 268 Å². The minimum atomic E-state index is -0.775. The molecule has 1 heterocycles. The molecule has 0 aromatic heterocycles. The van der Waals surface area contributed by atoms with Gasteiger partial charge in [-0.05, 0) is 70.8 Å². The fourth-order valence-corrected chi connectivity index (χ4v) is 6.52. The summed E-state index contributed by atoms with van der Waals surface area (Å²) in [5.74, 6) is -0.871. The van der Waals surface area contributed by atoms with Crippen LogP contribution in [0.15, 0.2) is 108 Å². The van der Waals surface area contributed by atoms with Crippen molar-refractivity contribution in [2.45, 2.75) is 51.0 Å². The largest absolute Gasteiger partial charge is 0.465 e. The van der Waals surface area contributed by atoms with Crippen LogP contribution in [0.2, 0.25) is 5.02 Å². The molecule has 4 aromatic carbocycles. The van der Waals surface area contributed by atoms with Gasteiger partial charge in [0, 0.05) is 17.7 Å². The number of esters is 1. The summed E-state index contributed by atoms with van der Waals surface area (Å²) >= 11 is 6.57. The number of ether oxygens (including phenoxy) is 1. The second-order valence-corrected chi connectivity index (χ2v) is 13.0. The Morgan fingerprint density at radius 1 is 0.844 bits per heavy atom. The van der Waals surface area contributed by atoms with E-state index >= 15 is 0 Å². The molecule has 228 valence electrons. The van der Waals surface area contributed by atoms with E-state index < -0.39 is 12.0 Å². The highest BCUT2D eigenvalue weighted by molar-refractivity contribution is 6.34. The summed E-state index contributed by atoms with van der Waals surface area (Å²) in [6, 6.07) is 29.2. The van der Waals surface area contributed by atoms with Crippen LogP contribution in [-0.4, -0.2) is 24.8 Å². The predicted octanol–water partition coefficient (Wildman–Crippen LogP) is 8.64. The van der Waals surface area contributed by atoms with Crippen LogP contribution < -0.4 is 10.2 Å². The highest BCUT2D eigenvalue weighted by atomic mass is 35.5. The van der Waals surface area contributed by atoms with Crippen LogP contribution in [0.3, 0.4) is 0 Å². The molecule has 0 saturated heterocycles. The highest BCUT2D eigenvalue weighted by Gasteiger charge is 2.42. The number of hydrogen-bond acceptors (Lipinski definition) is 5. The van der Waals surface area contributed by atoms with Crippen molar-refractivity contribution < 1.29 is 19.1 Å². The van der Waals surface area contributed by atoms with Gasteiger partial charge in [-0.25, -0.2) is 4.79 Å². The normalized spacial score (nSPS) is 18.0. The van der Waals surface area contributed by atoms with Crippen molar-refractivity contribution in [1.29, 1.82) is 0 Å². The van der Waals surface area contributed by atoms with Gasteiger partial charge in [-0.1, -0.05) is 93.0 Å². The minimum absolute atomic E-state index is 0.0252. The topological polar surface area (TPSA) is 75.7 Å². The first-order chi connectivity index (χ1) is 21.6. The molecule has 0 bridgehead atoms. The number of methoxy groups -OCH3 is 1. The summed E-state index contributed by atoms with van der Waals surface area (Å²) in [6.45, 7) is 6.55. The lowest BCUT2D eigenvalue weighted by molar-refractivity contribution is -0.116. The number of carbonyl (C=O) groups excluding carboxylic acids is 3. The van der Waals surface area contributed by atoms with Crippen LogP contribution in [0.1, 0.15) is 83.0 Å². The third-order valence-corrected chi connectivity index (χ3v) is 9.04.